The lowest BCUT2D eigenvalue weighted by Gasteiger charge is -2.12. The van der Waals surface area contributed by atoms with Crippen LogP contribution in [0.2, 0.25) is 0 Å². The summed E-state index contributed by atoms with van der Waals surface area (Å²) in [6.07, 6.45) is 1.41. The Morgan fingerprint density at radius 1 is 1.21 bits per heavy atom. The van der Waals surface area contributed by atoms with Crippen molar-refractivity contribution in [3.05, 3.63) is 76.1 Å². The first-order valence-corrected chi connectivity index (χ1v) is 8.08. The molecule has 0 aliphatic heterocycles. The molecule has 28 heavy (non-hydrogen) atoms. The number of hydrogen-bond acceptors (Lipinski definition) is 8. The predicted molar refractivity (Wildman–Crippen MR) is 102 cm³/mol. The average molecular weight is 380 g/mol. The van der Waals surface area contributed by atoms with Crippen molar-refractivity contribution < 1.29 is 14.5 Å². The number of non-ortho nitro benzene ring substituents is 1. The number of rotatable bonds is 7. The van der Waals surface area contributed by atoms with E-state index < -0.39 is 10.8 Å². The van der Waals surface area contributed by atoms with E-state index in [-0.39, 0.29) is 23.9 Å². The number of primary amides is 1. The number of nitrogens with two attached hydrogens (primary N) is 2. The molecule has 3 aromatic rings. The smallest absolute Gasteiger partial charge is 0.269 e. The van der Waals surface area contributed by atoms with E-state index in [9.17, 15) is 14.9 Å². The van der Waals surface area contributed by atoms with Gasteiger partial charge in [-0.05, 0) is 23.8 Å². The number of carbonyl (C=O) groups is 1. The summed E-state index contributed by atoms with van der Waals surface area (Å²) >= 11 is 0. The third kappa shape index (κ3) is 4.49. The number of nitrogen functional groups attached to an aromatic ring is 1. The van der Waals surface area contributed by atoms with Crippen LogP contribution < -0.4 is 21.5 Å². The second-order valence-electron chi connectivity index (χ2n) is 5.72. The molecule has 1 heterocycles. The summed E-state index contributed by atoms with van der Waals surface area (Å²) in [4.78, 5) is 29.6. The zero-order valence-corrected chi connectivity index (χ0v) is 14.5. The maximum atomic E-state index is 11.2. The van der Waals surface area contributed by atoms with E-state index in [0.29, 0.717) is 22.7 Å². The van der Waals surface area contributed by atoms with Gasteiger partial charge >= 0.3 is 0 Å². The molecule has 3 rings (SSSR count). The van der Waals surface area contributed by atoms with Crippen LogP contribution in [0.5, 0.6) is 5.75 Å². The van der Waals surface area contributed by atoms with Gasteiger partial charge in [-0.25, -0.2) is 9.97 Å². The van der Waals surface area contributed by atoms with E-state index in [0.717, 1.165) is 0 Å². The highest BCUT2D eigenvalue weighted by Crippen LogP contribution is 2.28. The van der Waals surface area contributed by atoms with Crippen LogP contribution in [0.1, 0.15) is 16.1 Å². The van der Waals surface area contributed by atoms with Crippen molar-refractivity contribution in [2.45, 2.75) is 6.61 Å². The van der Waals surface area contributed by atoms with Crippen molar-refractivity contribution in [2.75, 3.05) is 11.1 Å². The van der Waals surface area contributed by atoms with Crippen molar-refractivity contribution in [3.8, 4) is 5.75 Å². The minimum atomic E-state index is -0.663. The van der Waals surface area contributed by atoms with Gasteiger partial charge in [-0.3, -0.25) is 14.9 Å². The first-order valence-electron chi connectivity index (χ1n) is 8.08. The van der Waals surface area contributed by atoms with Crippen molar-refractivity contribution >= 4 is 28.9 Å². The van der Waals surface area contributed by atoms with Gasteiger partial charge in [0.1, 0.15) is 18.1 Å². The normalized spacial score (nSPS) is 10.3. The molecule has 10 nitrogen and oxygen atoms in total. The molecule has 0 aliphatic carbocycles. The zero-order chi connectivity index (χ0) is 20.1. The number of ether oxygens (including phenoxy) is 1. The Bertz CT molecular complexity index is 1040. The Labute approximate surface area is 159 Å². The Balaban J connectivity index is 1.74. The summed E-state index contributed by atoms with van der Waals surface area (Å²) in [6, 6.07) is 12.5. The molecule has 10 heteroatoms. The van der Waals surface area contributed by atoms with Gasteiger partial charge in [0.05, 0.1) is 10.6 Å². The molecule has 1 aromatic heterocycles. The van der Waals surface area contributed by atoms with E-state index in [1.807, 2.05) is 0 Å². The number of anilines is 3. The fourth-order valence-corrected chi connectivity index (χ4v) is 2.34. The van der Waals surface area contributed by atoms with Crippen LogP contribution >= 0.6 is 0 Å². The van der Waals surface area contributed by atoms with Gasteiger partial charge in [-0.2, -0.15) is 0 Å². The molecule has 0 aliphatic rings. The number of aromatic nitrogens is 2. The van der Waals surface area contributed by atoms with Crippen LogP contribution in [-0.2, 0) is 6.61 Å². The van der Waals surface area contributed by atoms with Crippen molar-refractivity contribution in [3.63, 3.8) is 0 Å². The highest BCUT2D eigenvalue weighted by atomic mass is 16.6. The summed E-state index contributed by atoms with van der Waals surface area (Å²) in [7, 11) is 0. The minimum Gasteiger partial charge on any atom is -0.487 e. The van der Waals surface area contributed by atoms with E-state index in [1.165, 1.54) is 24.4 Å². The van der Waals surface area contributed by atoms with Gasteiger partial charge in [0.25, 0.3) is 11.6 Å². The highest BCUT2D eigenvalue weighted by molar-refractivity contribution is 5.90. The van der Waals surface area contributed by atoms with Crippen molar-refractivity contribution in [1.82, 2.24) is 9.97 Å². The highest BCUT2D eigenvalue weighted by Gasteiger charge is 2.09. The molecule has 2 aromatic carbocycles. The lowest BCUT2D eigenvalue weighted by Crippen LogP contribution is -2.14. The van der Waals surface area contributed by atoms with E-state index in [2.05, 4.69) is 15.3 Å². The minimum absolute atomic E-state index is 0.0176. The van der Waals surface area contributed by atoms with E-state index >= 15 is 0 Å². The van der Waals surface area contributed by atoms with Gasteiger partial charge in [-0.1, -0.05) is 12.1 Å². The third-order valence-electron chi connectivity index (χ3n) is 3.69. The predicted octanol–water partition coefficient (Wildman–Crippen LogP) is 2.39. The van der Waals surface area contributed by atoms with Gasteiger partial charge in [0, 0.05) is 30.1 Å². The maximum absolute atomic E-state index is 11.2. The van der Waals surface area contributed by atoms with Crippen LogP contribution in [0.15, 0.2) is 54.7 Å². The van der Waals surface area contributed by atoms with Crippen molar-refractivity contribution in [1.29, 1.82) is 0 Å². The molecule has 1 amide bonds. The monoisotopic (exact) mass is 380 g/mol. The molecule has 142 valence electrons. The summed E-state index contributed by atoms with van der Waals surface area (Å²) in [6.45, 7) is 0.100. The molecule has 5 N–H and O–H groups in total. The zero-order valence-electron chi connectivity index (χ0n) is 14.5. The molecule has 0 spiro atoms. The third-order valence-corrected chi connectivity index (χ3v) is 3.69. The number of amides is 1. The van der Waals surface area contributed by atoms with Gasteiger partial charge in [0.2, 0.25) is 5.95 Å². The average Bonchev–Trinajstić information content (AvgIpc) is 2.68. The topological polar surface area (TPSA) is 159 Å². The molecule has 0 fully saturated rings. The first-order chi connectivity index (χ1) is 13.4. The maximum Gasteiger partial charge on any atom is 0.269 e. The quantitative estimate of drug-likeness (QED) is 0.320. The number of nitro groups is 1. The standard InChI is InChI=1S/C18H16N6O4/c19-14-5-4-12(22-18-21-7-6-15(23-18)17(20)25)9-16(14)28-10-11-2-1-3-13(8-11)24(26)27/h1-9H,10,19H2,(H2,20,25)(H,21,22,23). The summed E-state index contributed by atoms with van der Waals surface area (Å²) in [5.74, 6) is -0.1000. The SMILES string of the molecule is NC(=O)c1ccnc(Nc2ccc(N)c(OCc3cccc([N+](=O)[O-])c3)c2)n1. The Hall–Kier alpha value is -4.21. The molecular weight excluding hydrogens is 364 g/mol. The van der Waals surface area contributed by atoms with Gasteiger partial charge in [0.15, 0.2) is 0 Å². The molecule has 0 radical (unpaired) electrons. The molecule has 0 saturated carbocycles. The molecule has 0 bridgehead atoms. The first kappa shape index (κ1) is 18.6. The van der Waals surface area contributed by atoms with Crippen LogP contribution in [0, 0.1) is 10.1 Å². The lowest BCUT2D eigenvalue weighted by atomic mass is 10.2. The Morgan fingerprint density at radius 2 is 2.04 bits per heavy atom. The summed E-state index contributed by atoms with van der Waals surface area (Å²) < 4.78 is 5.70. The van der Waals surface area contributed by atoms with Crippen LogP contribution in [0.25, 0.3) is 0 Å². The van der Waals surface area contributed by atoms with E-state index in [4.69, 9.17) is 16.2 Å². The molecular formula is C18H16N6O4. The fraction of sp³-hybridized carbons (Fsp3) is 0.0556. The van der Waals surface area contributed by atoms with Crippen LogP contribution in [0.3, 0.4) is 0 Å². The number of nitrogens with one attached hydrogen (secondary N) is 1. The number of benzene rings is 2. The number of hydrogen-bond donors (Lipinski definition) is 3. The fourth-order valence-electron chi connectivity index (χ4n) is 2.34. The molecule has 0 unspecified atom stereocenters. The summed E-state index contributed by atoms with van der Waals surface area (Å²) in [5, 5.41) is 13.8. The van der Waals surface area contributed by atoms with Crippen molar-refractivity contribution in [2.24, 2.45) is 5.73 Å². The second-order valence-corrected chi connectivity index (χ2v) is 5.72. The van der Waals surface area contributed by atoms with Gasteiger partial charge < -0.3 is 21.5 Å². The Kier molecular flexibility index (Phi) is 5.30. The second kappa shape index (κ2) is 7.99. The lowest BCUT2D eigenvalue weighted by molar-refractivity contribution is -0.384. The van der Waals surface area contributed by atoms with E-state index in [1.54, 1.807) is 30.3 Å². The Morgan fingerprint density at radius 3 is 2.79 bits per heavy atom. The number of nitrogens with zero attached hydrogens (tertiary/aromatic N) is 3. The summed E-state index contributed by atoms with van der Waals surface area (Å²) in [5.41, 5.74) is 12.8. The number of carbonyl (C=O) groups excluding carboxylic acids is 1. The van der Waals surface area contributed by atoms with Crippen LogP contribution in [0.4, 0.5) is 23.0 Å². The largest absolute Gasteiger partial charge is 0.487 e. The molecule has 0 saturated heterocycles. The number of nitro benzene ring substituents is 1. The van der Waals surface area contributed by atoms with Gasteiger partial charge in [-0.15, -0.1) is 0 Å². The van der Waals surface area contributed by atoms with Crippen LogP contribution in [-0.4, -0.2) is 20.8 Å². The molecule has 0 atom stereocenters.